The van der Waals surface area contributed by atoms with Gasteiger partial charge in [0.2, 0.25) is 0 Å². The van der Waals surface area contributed by atoms with Crippen molar-refractivity contribution in [2.45, 2.75) is 29.1 Å². The highest BCUT2D eigenvalue weighted by molar-refractivity contribution is 7.92. The maximum atomic E-state index is 15.2. The van der Waals surface area contributed by atoms with Gasteiger partial charge in [0.05, 0.1) is 28.9 Å². The van der Waals surface area contributed by atoms with Crippen LogP contribution in [0.2, 0.25) is 0 Å². The van der Waals surface area contributed by atoms with E-state index in [4.69, 9.17) is 9.47 Å². The van der Waals surface area contributed by atoms with Crippen LogP contribution in [0.25, 0.3) is 0 Å². The fraction of sp³-hybridized carbons (Fsp3) is 0.429. The molecule has 2 aliphatic heterocycles. The SMILES string of the molecule is CCS(=O)(=O)C[C@@H]1OCC[C@@]2(S(=O)(=O)c3cc(F)cc(F)c3)c3c(F)ccc(F)c3OC[C@@H]12. The highest BCUT2D eigenvalue weighted by Crippen LogP contribution is 2.55. The van der Waals surface area contributed by atoms with Crippen LogP contribution in [0, 0.1) is 29.2 Å². The Labute approximate surface area is 188 Å². The lowest BCUT2D eigenvalue weighted by atomic mass is 9.76. The summed E-state index contributed by atoms with van der Waals surface area (Å²) in [4.78, 5) is -0.777. The van der Waals surface area contributed by atoms with Crippen LogP contribution in [0.4, 0.5) is 17.6 Å². The first-order chi connectivity index (χ1) is 15.4. The van der Waals surface area contributed by atoms with Gasteiger partial charge in [-0.2, -0.15) is 0 Å². The first-order valence-electron chi connectivity index (χ1n) is 10.1. The number of rotatable bonds is 5. The van der Waals surface area contributed by atoms with Gasteiger partial charge >= 0.3 is 0 Å². The molecule has 0 radical (unpaired) electrons. The number of hydrogen-bond acceptors (Lipinski definition) is 6. The monoisotopic (exact) mass is 508 g/mol. The van der Waals surface area contributed by atoms with Gasteiger partial charge in [0, 0.05) is 24.3 Å². The van der Waals surface area contributed by atoms with E-state index in [1.807, 2.05) is 0 Å². The van der Waals surface area contributed by atoms with Crippen molar-refractivity contribution in [1.82, 2.24) is 0 Å². The molecule has 2 aliphatic rings. The third-order valence-electron chi connectivity index (χ3n) is 6.23. The van der Waals surface area contributed by atoms with Crippen LogP contribution in [0.5, 0.6) is 5.75 Å². The van der Waals surface area contributed by atoms with Crippen molar-refractivity contribution in [3.05, 3.63) is 59.2 Å². The molecule has 6 nitrogen and oxygen atoms in total. The van der Waals surface area contributed by atoms with Crippen LogP contribution in [-0.2, 0) is 29.2 Å². The molecule has 0 saturated carbocycles. The summed E-state index contributed by atoms with van der Waals surface area (Å²) in [6, 6.07) is 3.16. The second-order valence-electron chi connectivity index (χ2n) is 8.01. The van der Waals surface area contributed by atoms with E-state index in [1.54, 1.807) is 0 Å². The summed E-state index contributed by atoms with van der Waals surface area (Å²) in [6.45, 7) is 0.584. The number of fused-ring (bicyclic) bond motifs is 3. The van der Waals surface area contributed by atoms with Crippen LogP contribution in [0.3, 0.4) is 0 Å². The van der Waals surface area contributed by atoms with Crippen LogP contribution in [0.15, 0.2) is 35.2 Å². The van der Waals surface area contributed by atoms with E-state index in [0.29, 0.717) is 18.2 Å². The van der Waals surface area contributed by atoms with Gasteiger partial charge in [0.15, 0.2) is 31.2 Å². The minimum Gasteiger partial charge on any atom is -0.490 e. The van der Waals surface area contributed by atoms with E-state index < -0.39 is 94.7 Å². The molecule has 2 aromatic rings. The van der Waals surface area contributed by atoms with Crippen LogP contribution < -0.4 is 4.74 Å². The Morgan fingerprint density at radius 3 is 2.27 bits per heavy atom. The molecule has 33 heavy (non-hydrogen) atoms. The molecule has 2 aromatic carbocycles. The highest BCUT2D eigenvalue weighted by atomic mass is 32.2. The molecule has 0 aliphatic carbocycles. The third kappa shape index (κ3) is 3.81. The Bertz CT molecular complexity index is 1290. The number of benzene rings is 2. The predicted octanol–water partition coefficient (Wildman–Crippen LogP) is 3.14. The number of halogens is 4. The Balaban J connectivity index is 2.02. The van der Waals surface area contributed by atoms with Gasteiger partial charge in [0.25, 0.3) is 0 Å². The van der Waals surface area contributed by atoms with Gasteiger partial charge in [-0.1, -0.05) is 6.92 Å². The summed E-state index contributed by atoms with van der Waals surface area (Å²) in [5, 5.41) is 0. The number of hydrogen-bond donors (Lipinski definition) is 0. The first kappa shape index (κ1) is 24.0. The predicted molar refractivity (Wildman–Crippen MR) is 109 cm³/mol. The molecule has 2 heterocycles. The minimum absolute atomic E-state index is 0.255. The average molecular weight is 509 g/mol. The van der Waals surface area contributed by atoms with Crippen molar-refractivity contribution in [2.75, 3.05) is 24.7 Å². The van der Waals surface area contributed by atoms with E-state index in [0.717, 1.165) is 12.1 Å². The Kier molecular flexibility index (Phi) is 5.98. The van der Waals surface area contributed by atoms with E-state index in [-0.39, 0.29) is 12.4 Å². The highest BCUT2D eigenvalue weighted by Gasteiger charge is 2.62. The van der Waals surface area contributed by atoms with Gasteiger partial charge in [-0.05, 0) is 30.7 Å². The van der Waals surface area contributed by atoms with E-state index in [9.17, 15) is 30.0 Å². The molecule has 0 N–H and O–H groups in total. The summed E-state index contributed by atoms with van der Waals surface area (Å²) in [5.41, 5.74) is -0.634. The van der Waals surface area contributed by atoms with E-state index in [1.165, 1.54) is 6.92 Å². The first-order valence-corrected chi connectivity index (χ1v) is 13.4. The normalized spacial score (nSPS) is 25.1. The smallest absolute Gasteiger partial charge is 0.189 e. The molecule has 1 saturated heterocycles. The van der Waals surface area contributed by atoms with Gasteiger partial charge in [-0.25, -0.2) is 34.4 Å². The molecule has 0 aromatic heterocycles. The molecule has 4 rings (SSSR count). The van der Waals surface area contributed by atoms with Crippen LogP contribution >= 0.6 is 0 Å². The van der Waals surface area contributed by atoms with Crippen molar-refractivity contribution in [1.29, 1.82) is 0 Å². The lowest BCUT2D eigenvalue weighted by Gasteiger charge is -2.50. The van der Waals surface area contributed by atoms with Crippen LogP contribution in [-0.4, -0.2) is 47.7 Å². The molecular weight excluding hydrogens is 488 g/mol. The quantitative estimate of drug-likeness (QED) is 0.577. The number of sulfone groups is 2. The molecule has 0 spiro atoms. The van der Waals surface area contributed by atoms with Crippen molar-refractivity contribution < 1.29 is 43.9 Å². The lowest BCUT2D eigenvalue weighted by molar-refractivity contribution is -0.0608. The third-order valence-corrected chi connectivity index (χ3v) is 10.5. The standard InChI is InChI=1S/C21H20F4O6S2/c1-2-32(26,27)11-18-15-10-31-20-17(25)4-3-16(24)19(20)21(15,5-6-30-18)33(28,29)14-8-12(22)7-13(23)9-14/h3-4,7-9,15,18H,2,5-6,10-11H2,1H3/t15-,18-,21-/m0/s1. The molecule has 0 unspecified atom stereocenters. The van der Waals surface area contributed by atoms with E-state index >= 15 is 4.39 Å². The molecular formula is C21H20F4O6S2. The van der Waals surface area contributed by atoms with Crippen molar-refractivity contribution in [3.63, 3.8) is 0 Å². The maximum Gasteiger partial charge on any atom is 0.189 e. The summed E-state index contributed by atoms with van der Waals surface area (Å²) in [6.07, 6.45) is -1.65. The Hall–Kier alpha value is -2.18. The topological polar surface area (TPSA) is 86.7 Å². The second-order valence-corrected chi connectivity index (χ2v) is 12.6. The average Bonchev–Trinajstić information content (AvgIpc) is 2.75. The van der Waals surface area contributed by atoms with Crippen molar-refractivity contribution >= 4 is 19.7 Å². The molecule has 0 bridgehead atoms. The summed E-state index contributed by atoms with van der Waals surface area (Å²) < 4.78 is 119. The van der Waals surface area contributed by atoms with Gasteiger partial charge < -0.3 is 9.47 Å². The fourth-order valence-corrected chi connectivity index (χ4v) is 8.10. The van der Waals surface area contributed by atoms with Gasteiger partial charge in [-0.15, -0.1) is 0 Å². The largest absolute Gasteiger partial charge is 0.490 e. The maximum absolute atomic E-state index is 15.2. The zero-order valence-corrected chi connectivity index (χ0v) is 19.0. The zero-order valence-electron chi connectivity index (χ0n) is 17.4. The van der Waals surface area contributed by atoms with Gasteiger partial charge in [-0.3, -0.25) is 0 Å². The molecule has 0 amide bonds. The summed E-state index contributed by atoms with van der Waals surface area (Å²) in [5.74, 6) is -7.24. The fourth-order valence-electron chi connectivity index (χ4n) is 4.65. The molecule has 1 fully saturated rings. The number of ether oxygens (including phenoxy) is 2. The zero-order chi connectivity index (χ0) is 24.2. The summed E-state index contributed by atoms with van der Waals surface area (Å²) >= 11 is 0. The lowest BCUT2D eigenvalue weighted by Crippen LogP contribution is -2.59. The Morgan fingerprint density at radius 1 is 1.00 bits per heavy atom. The van der Waals surface area contributed by atoms with Crippen molar-refractivity contribution in [3.8, 4) is 5.75 Å². The molecule has 3 atom stereocenters. The van der Waals surface area contributed by atoms with Crippen LogP contribution in [0.1, 0.15) is 18.9 Å². The van der Waals surface area contributed by atoms with E-state index in [2.05, 4.69) is 0 Å². The molecule has 180 valence electrons. The van der Waals surface area contributed by atoms with Gasteiger partial charge in [0.1, 0.15) is 22.2 Å². The molecule has 12 heteroatoms. The van der Waals surface area contributed by atoms with Crippen molar-refractivity contribution in [2.24, 2.45) is 5.92 Å². The minimum atomic E-state index is -4.82. The second kappa shape index (κ2) is 8.24. The Morgan fingerprint density at radius 2 is 1.64 bits per heavy atom. The summed E-state index contributed by atoms with van der Waals surface area (Å²) in [7, 11) is -8.50.